The van der Waals surface area contributed by atoms with Gasteiger partial charge in [-0.3, -0.25) is 4.79 Å². The third-order valence-corrected chi connectivity index (χ3v) is 4.58. The van der Waals surface area contributed by atoms with Gasteiger partial charge in [-0.2, -0.15) is 0 Å². The summed E-state index contributed by atoms with van der Waals surface area (Å²) in [6.45, 7) is 1.99. The largest absolute Gasteiger partial charge is 0.508 e. The number of carbonyl (C=O) groups excluding carboxylic acids is 2. The highest BCUT2D eigenvalue weighted by atomic mass is 32.1. The summed E-state index contributed by atoms with van der Waals surface area (Å²) in [5.41, 5.74) is 2.70. The number of carbonyl (C=O) groups is 2. The fraction of sp³-hybridized carbons (Fsp3) is 0.150. The quantitative estimate of drug-likeness (QED) is 0.635. The molecule has 2 aromatic carbocycles. The maximum Gasteiger partial charge on any atom is 0.338 e. The molecule has 27 heavy (non-hydrogen) atoms. The third kappa shape index (κ3) is 5.39. The van der Waals surface area contributed by atoms with Gasteiger partial charge in [0.05, 0.1) is 17.7 Å². The first-order valence-corrected chi connectivity index (χ1v) is 9.13. The number of hydrogen-bond acceptors (Lipinski definition) is 6. The predicted molar refractivity (Wildman–Crippen MR) is 103 cm³/mol. The number of nitrogens with zero attached hydrogens (tertiary/aromatic N) is 1. The van der Waals surface area contributed by atoms with Crippen molar-refractivity contribution in [1.29, 1.82) is 0 Å². The molecule has 0 atom stereocenters. The third-order valence-electron chi connectivity index (χ3n) is 3.68. The Kier molecular flexibility index (Phi) is 5.83. The van der Waals surface area contributed by atoms with Crippen LogP contribution in [0.2, 0.25) is 0 Å². The predicted octanol–water partition coefficient (Wildman–Crippen LogP) is 3.70. The van der Waals surface area contributed by atoms with Gasteiger partial charge in [-0.15, -0.1) is 11.3 Å². The van der Waals surface area contributed by atoms with Crippen LogP contribution < -0.4 is 5.32 Å². The van der Waals surface area contributed by atoms with Crippen molar-refractivity contribution in [3.63, 3.8) is 0 Å². The number of amides is 1. The molecule has 0 unspecified atom stereocenters. The molecule has 0 fully saturated rings. The van der Waals surface area contributed by atoms with Crippen molar-refractivity contribution in [3.05, 3.63) is 75.7 Å². The lowest BCUT2D eigenvalue weighted by molar-refractivity contribution is -0.115. The zero-order valence-electron chi connectivity index (χ0n) is 14.6. The molecule has 0 saturated carbocycles. The second-order valence-corrected chi connectivity index (χ2v) is 6.89. The van der Waals surface area contributed by atoms with Crippen molar-refractivity contribution >= 4 is 28.9 Å². The van der Waals surface area contributed by atoms with E-state index >= 15 is 0 Å². The number of rotatable bonds is 6. The van der Waals surface area contributed by atoms with Gasteiger partial charge in [0, 0.05) is 11.1 Å². The van der Waals surface area contributed by atoms with Crippen LogP contribution in [0, 0.1) is 6.92 Å². The van der Waals surface area contributed by atoms with Crippen LogP contribution in [0.3, 0.4) is 0 Å². The summed E-state index contributed by atoms with van der Waals surface area (Å²) >= 11 is 1.34. The number of ether oxygens (including phenoxy) is 1. The molecule has 1 amide bonds. The van der Waals surface area contributed by atoms with E-state index in [0.29, 0.717) is 10.7 Å². The number of thiazole rings is 1. The van der Waals surface area contributed by atoms with Crippen LogP contribution in [-0.4, -0.2) is 22.0 Å². The molecule has 7 heteroatoms. The standard InChI is InChI=1S/C20H18N2O4S/c1-13-5-7-15(8-6-13)21-18(24)10-19-22-16(12-27-19)11-26-20(25)14-3-2-4-17(23)9-14/h2-9,12,23H,10-11H2,1H3,(H,21,24). The van der Waals surface area contributed by atoms with Crippen molar-refractivity contribution in [2.75, 3.05) is 5.32 Å². The number of aryl methyl sites for hydroxylation is 1. The Morgan fingerprint density at radius 1 is 1.19 bits per heavy atom. The zero-order chi connectivity index (χ0) is 19.2. The van der Waals surface area contributed by atoms with Crippen LogP contribution in [0.1, 0.15) is 26.6 Å². The van der Waals surface area contributed by atoms with E-state index in [1.54, 1.807) is 17.5 Å². The molecule has 0 aliphatic carbocycles. The molecule has 1 heterocycles. The van der Waals surface area contributed by atoms with Crippen LogP contribution in [-0.2, 0) is 22.6 Å². The summed E-state index contributed by atoms with van der Waals surface area (Å²) in [6, 6.07) is 13.5. The van der Waals surface area contributed by atoms with Crippen molar-refractivity contribution < 1.29 is 19.4 Å². The van der Waals surface area contributed by atoms with E-state index in [0.717, 1.165) is 11.3 Å². The number of phenolic OH excluding ortho intramolecular Hbond substituents is 1. The molecule has 3 aromatic rings. The fourth-order valence-corrected chi connectivity index (χ4v) is 3.11. The summed E-state index contributed by atoms with van der Waals surface area (Å²) in [5.74, 6) is -0.700. The first kappa shape index (κ1) is 18.6. The lowest BCUT2D eigenvalue weighted by Gasteiger charge is -2.04. The molecule has 3 rings (SSSR count). The minimum atomic E-state index is -0.544. The average Bonchev–Trinajstić information content (AvgIpc) is 3.09. The number of nitrogens with one attached hydrogen (secondary N) is 1. The number of anilines is 1. The van der Waals surface area contributed by atoms with E-state index in [9.17, 15) is 14.7 Å². The van der Waals surface area contributed by atoms with E-state index in [4.69, 9.17) is 4.74 Å². The highest BCUT2D eigenvalue weighted by Gasteiger charge is 2.12. The summed E-state index contributed by atoms with van der Waals surface area (Å²) in [4.78, 5) is 28.4. The maximum atomic E-state index is 12.1. The maximum absolute atomic E-state index is 12.1. The lowest BCUT2D eigenvalue weighted by atomic mass is 10.2. The normalized spacial score (nSPS) is 10.4. The minimum absolute atomic E-state index is 0.0000152. The van der Waals surface area contributed by atoms with Crippen LogP contribution in [0.15, 0.2) is 53.9 Å². The Morgan fingerprint density at radius 3 is 2.70 bits per heavy atom. The Balaban J connectivity index is 1.51. The SMILES string of the molecule is Cc1ccc(NC(=O)Cc2nc(COC(=O)c3cccc(O)c3)cs2)cc1. The molecule has 0 aliphatic rings. The second kappa shape index (κ2) is 8.46. The number of esters is 1. The first-order chi connectivity index (χ1) is 13.0. The van der Waals surface area contributed by atoms with Crippen LogP contribution in [0.25, 0.3) is 0 Å². The summed E-state index contributed by atoms with van der Waals surface area (Å²) < 4.78 is 5.19. The van der Waals surface area contributed by atoms with Crippen molar-refractivity contribution in [2.45, 2.75) is 20.0 Å². The van der Waals surface area contributed by atoms with Crippen molar-refractivity contribution in [3.8, 4) is 5.75 Å². The van der Waals surface area contributed by atoms with Crippen molar-refractivity contribution in [2.24, 2.45) is 0 Å². The van der Waals surface area contributed by atoms with Gasteiger partial charge in [0.2, 0.25) is 5.91 Å². The van der Waals surface area contributed by atoms with Gasteiger partial charge < -0.3 is 15.2 Å². The summed E-state index contributed by atoms with van der Waals surface area (Å²) in [7, 11) is 0. The highest BCUT2D eigenvalue weighted by molar-refractivity contribution is 7.09. The van der Waals surface area contributed by atoms with Gasteiger partial charge in [-0.05, 0) is 37.3 Å². The average molecular weight is 382 g/mol. The molecule has 138 valence electrons. The molecule has 0 radical (unpaired) electrons. The molecule has 0 aliphatic heterocycles. The van der Waals surface area contributed by atoms with Gasteiger partial charge in [-0.1, -0.05) is 23.8 Å². The number of benzene rings is 2. The smallest absolute Gasteiger partial charge is 0.338 e. The topological polar surface area (TPSA) is 88.5 Å². The Labute approximate surface area is 160 Å². The Morgan fingerprint density at radius 2 is 1.96 bits per heavy atom. The number of hydrogen-bond donors (Lipinski definition) is 2. The molecular formula is C20H18N2O4S. The van der Waals surface area contributed by atoms with Gasteiger partial charge in [-0.25, -0.2) is 9.78 Å². The van der Waals surface area contributed by atoms with Crippen LogP contribution in [0.5, 0.6) is 5.75 Å². The monoisotopic (exact) mass is 382 g/mol. The van der Waals surface area contributed by atoms with Gasteiger partial charge in [0.25, 0.3) is 0 Å². The van der Waals surface area contributed by atoms with Crippen LogP contribution in [0.4, 0.5) is 5.69 Å². The summed E-state index contributed by atoms with van der Waals surface area (Å²) in [5, 5.41) is 14.6. The number of aromatic nitrogens is 1. The van der Waals surface area contributed by atoms with Crippen LogP contribution >= 0.6 is 11.3 Å². The molecule has 6 nitrogen and oxygen atoms in total. The van der Waals surface area contributed by atoms with E-state index in [2.05, 4.69) is 10.3 Å². The van der Waals surface area contributed by atoms with Gasteiger partial charge in [0.15, 0.2) is 0 Å². The Bertz CT molecular complexity index is 951. The molecule has 0 spiro atoms. The molecule has 2 N–H and O–H groups in total. The van der Waals surface area contributed by atoms with E-state index in [1.165, 1.54) is 23.5 Å². The molecule has 0 saturated heterocycles. The number of aromatic hydroxyl groups is 1. The second-order valence-electron chi connectivity index (χ2n) is 5.95. The van der Waals surface area contributed by atoms with E-state index < -0.39 is 5.97 Å². The molecule has 0 bridgehead atoms. The van der Waals surface area contributed by atoms with Gasteiger partial charge in [0.1, 0.15) is 17.4 Å². The first-order valence-electron chi connectivity index (χ1n) is 8.25. The highest BCUT2D eigenvalue weighted by Crippen LogP contribution is 2.16. The molecule has 1 aromatic heterocycles. The van der Waals surface area contributed by atoms with E-state index in [1.807, 2.05) is 31.2 Å². The Hall–Kier alpha value is -3.19. The summed E-state index contributed by atoms with van der Waals surface area (Å²) in [6.07, 6.45) is 0.152. The minimum Gasteiger partial charge on any atom is -0.508 e. The number of phenols is 1. The lowest BCUT2D eigenvalue weighted by Crippen LogP contribution is -2.14. The zero-order valence-corrected chi connectivity index (χ0v) is 15.5. The molecular weight excluding hydrogens is 364 g/mol. The van der Waals surface area contributed by atoms with E-state index in [-0.39, 0.29) is 30.2 Å². The van der Waals surface area contributed by atoms with Crippen molar-refractivity contribution in [1.82, 2.24) is 4.98 Å². The van der Waals surface area contributed by atoms with Gasteiger partial charge >= 0.3 is 5.97 Å². The fourth-order valence-electron chi connectivity index (χ4n) is 2.33.